The van der Waals surface area contributed by atoms with Crippen molar-refractivity contribution in [2.75, 3.05) is 5.32 Å². The van der Waals surface area contributed by atoms with Crippen LogP contribution in [0.5, 0.6) is 5.75 Å². The van der Waals surface area contributed by atoms with Crippen LogP contribution in [0.3, 0.4) is 0 Å². The van der Waals surface area contributed by atoms with Crippen LogP contribution in [0.15, 0.2) is 47.1 Å². The molecule has 0 unspecified atom stereocenters. The van der Waals surface area contributed by atoms with Crippen molar-refractivity contribution in [3.05, 3.63) is 59.1 Å². The smallest absolute Gasteiger partial charge is 0.277 e. The molecule has 0 aliphatic rings. The van der Waals surface area contributed by atoms with Gasteiger partial charge in [0.05, 0.1) is 5.02 Å². The number of rotatable bonds is 5. The number of amides is 1. The minimum absolute atomic E-state index is 0.139. The van der Waals surface area contributed by atoms with Crippen LogP contribution in [0.4, 0.5) is 5.82 Å². The van der Waals surface area contributed by atoms with E-state index in [1.807, 2.05) is 12.1 Å². The van der Waals surface area contributed by atoms with Crippen LogP contribution in [0.25, 0.3) is 0 Å². The van der Waals surface area contributed by atoms with E-state index < -0.39 is 0 Å². The number of nitrogens with one attached hydrogen (secondary N) is 1. The molecule has 2 heterocycles. The van der Waals surface area contributed by atoms with Gasteiger partial charge in [-0.2, -0.15) is 5.10 Å². The standard InChI is InChI=1S/C15H13ClN4O3/c1-10-8-14(19-23-10)17-15(21)12-6-7-20(18-12)9-22-13-5-3-2-4-11(13)16/h2-8H,9H2,1H3,(H,17,19,21). The number of carbonyl (C=O) groups is 1. The second-order valence-corrected chi connectivity index (χ2v) is 5.13. The number of para-hydroxylation sites is 1. The molecule has 0 aliphatic carbocycles. The van der Waals surface area contributed by atoms with Gasteiger partial charge < -0.3 is 14.6 Å². The lowest BCUT2D eigenvalue weighted by Gasteiger charge is -2.07. The zero-order valence-corrected chi connectivity index (χ0v) is 12.9. The van der Waals surface area contributed by atoms with Crippen LogP contribution < -0.4 is 10.1 Å². The highest BCUT2D eigenvalue weighted by Gasteiger charge is 2.12. The van der Waals surface area contributed by atoms with Crippen LogP contribution in [0, 0.1) is 6.92 Å². The van der Waals surface area contributed by atoms with Gasteiger partial charge in [-0.3, -0.25) is 4.79 Å². The van der Waals surface area contributed by atoms with Gasteiger partial charge in [0.15, 0.2) is 18.2 Å². The summed E-state index contributed by atoms with van der Waals surface area (Å²) in [5.74, 6) is 1.12. The first-order chi connectivity index (χ1) is 11.1. The maximum atomic E-state index is 12.0. The summed E-state index contributed by atoms with van der Waals surface area (Å²) in [5, 5.41) is 10.9. The molecular formula is C15H13ClN4O3. The number of nitrogens with zero attached hydrogens (tertiary/aromatic N) is 3. The molecular weight excluding hydrogens is 320 g/mol. The van der Waals surface area contributed by atoms with E-state index in [-0.39, 0.29) is 18.3 Å². The molecule has 0 aliphatic heterocycles. The van der Waals surface area contributed by atoms with Crippen molar-refractivity contribution < 1.29 is 14.1 Å². The summed E-state index contributed by atoms with van der Waals surface area (Å²) in [4.78, 5) is 12.0. The van der Waals surface area contributed by atoms with Crippen molar-refractivity contribution >= 4 is 23.3 Å². The van der Waals surface area contributed by atoms with Gasteiger partial charge in [0.2, 0.25) is 0 Å². The molecule has 7 nitrogen and oxygen atoms in total. The first-order valence-electron chi connectivity index (χ1n) is 6.77. The van der Waals surface area contributed by atoms with Gasteiger partial charge in [-0.15, -0.1) is 0 Å². The average molecular weight is 333 g/mol. The molecule has 0 fully saturated rings. The Morgan fingerprint density at radius 3 is 2.96 bits per heavy atom. The predicted octanol–water partition coefficient (Wildman–Crippen LogP) is 3.12. The summed E-state index contributed by atoms with van der Waals surface area (Å²) < 4.78 is 11.9. The summed E-state index contributed by atoms with van der Waals surface area (Å²) in [5.41, 5.74) is 0.244. The van der Waals surface area contributed by atoms with E-state index in [4.69, 9.17) is 20.9 Å². The highest BCUT2D eigenvalue weighted by Crippen LogP contribution is 2.23. The van der Waals surface area contributed by atoms with Gasteiger partial charge in [0.1, 0.15) is 11.5 Å². The van der Waals surface area contributed by atoms with E-state index in [1.165, 1.54) is 4.68 Å². The van der Waals surface area contributed by atoms with Gasteiger partial charge >= 0.3 is 0 Å². The van der Waals surface area contributed by atoms with E-state index in [0.717, 1.165) is 0 Å². The Bertz CT molecular complexity index is 828. The topological polar surface area (TPSA) is 82.2 Å². The molecule has 0 saturated carbocycles. The number of carbonyl (C=O) groups excluding carboxylic acids is 1. The number of benzene rings is 1. The molecule has 1 N–H and O–H groups in total. The summed E-state index contributed by atoms with van der Waals surface area (Å²) in [7, 11) is 0. The summed E-state index contributed by atoms with van der Waals surface area (Å²) in [6.45, 7) is 1.88. The molecule has 0 spiro atoms. The van der Waals surface area contributed by atoms with Crippen molar-refractivity contribution in [2.24, 2.45) is 0 Å². The molecule has 8 heteroatoms. The molecule has 118 valence electrons. The Hall–Kier alpha value is -2.80. The van der Waals surface area contributed by atoms with Gasteiger partial charge in [-0.1, -0.05) is 28.9 Å². The molecule has 3 aromatic rings. The third-order valence-corrected chi connectivity index (χ3v) is 3.24. The first kappa shape index (κ1) is 15.1. The van der Waals surface area contributed by atoms with E-state index in [1.54, 1.807) is 37.4 Å². The summed E-state index contributed by atoms with van der Waals surface area (Å²) in [6.07, 6.45) is 1.64. The van der Waals surface area contributed by atoms with E-state index in [9.17, 15) is 4.79 Å². The Kier molecular flexibility index (Phi) is 4.29. The van der Waals surface area contributed by atoms with Crippen LogP contribution in [0.1, 0.15) is 16.2 Å². The summed E-state index contributed by atoms with van der Waals surface area (Å²) >= 11 is 6.00. The Morgan fingerprint density at radius 1 is 1.39 bits per heavy atom. The van der Waals surface area contributed by atoms with E-state index >= 15 is 0 Å². The number of hydrogen-bond donors (Lipinski definition) is 1. The van der Waals surface area contributed by atoms with Crippen molar-refractivity contribution in [1.82, 2.24) is 14.9 Å². The lowest BCUT2D eigenvalue weighted by molar-refractivity contribution is 0.101. The number of anilines is 1. The highest BCUT2D eigenvalue weighted by atomic mass is 35.5. The van der Waals surface area contributed by atoms with E-state index in [0.29, 0.717) is 22.4 Å². The highest BCUT2D eigenvalue weighted by molar-refractivity contribution is 6.32. The molecule has 23 heavy (non-hydrogen) atoms. The maximum absolute atomic E-state index is 12.0. The van der Waals surface area contributed by atoms with E-state index in [2.05, 4.69) is 15.6 Å². The fourth-order valence-electron chi connectivity index (χ4n) is 1.86. The molecule has 0 saturated heterocycles. The number of ether oxygens (including phenoxy) is 1. The number of halogens is 1. The molecule has 2 aromatic heterocycles. The molecule has 0 atom stereocenters. The van der Waals surface area contributed by atoms with Crippen LogP contribution in [-0.2, 0) is 6.73 Å². The van der Waals surface area contributed by atoms with Crippen molar-refractivity contribution in [1.29, 1.82) is 0 Å². The second-order valence-electron chi connectivity index (χ2n) is 4.72. The number of aryl methyl sites for hydroxylation is 1. The minimum atomic E-state index is -0.380. The lowest BCUT2D eigenvalue weighted by atomic mass is 10.3. The Balaban J connectivity index is 1.61. The zero-order valence-electron chi connectivity index (χ0n) is 12.2. The molecule has 0 bridgehead atoms. The molecule has 0 radical (unpaired) electrons. The van der Waals surface area contributed by atoms with Crippen LogP contribution in [-0.4, -0.2) is 20.8 Å². The van der Waals surface area contributed by atoms with Gasteiger partial charge in [-0.25, -0.2) is 4.68 Å². The number of hydrogen-bond acceptors (Lipinski definition) is 5. The normalized spacial score (nSPS) is 10.5. The Labute approximate surface area is 136 Å². The largest absolute Gasteiger partial charge is 0.470 e. The minimum Gasteiger partial charge on any atom is -0.470 e. The SMILES string of the molecule is Cc1cc(NC(=O)c2ccn(COc3ccccc3Cl)n2)no1. The zero-order chi connectivity index (χ0) is 16.2. The molecule has 1 amide bonds. The van der Waals surface area contributed by atoms with Gasteiger partial charge in [0.25, 0.3) is 5.91 Å². The number of aromatic nitrogens is 3. The molecule has 1 aromatic carbocycles. The predicted molar refractivity (Wildman–Crippen MR) is 83.5 cm³/mol. The van der Waals surface area contributed by atoms with Crippen molar-refractivity contribution in [2.45, 2.75) is 13.7 Å². The average Bonchev–Trinajstić information content (AvgIpc) is 3.16. The maximum Gasteiger partial charge on any atom is 0.277 e. The van der Waals surface area contributed by atoms with Crippen molar-refractivity contribution in [3.63, 3.8) is 0 Å². The molecule has 3 rings (SSSR count). The quantitative estimate of drug-likeness (QED) is 0.776. The fourth-order valence-corrected chi connectivity index (χ4v) is 2.05. The summed E-state index contributed by atoms with van der Waals surface area (Å²) in [6, 6.07) is 10.3. The third-order valence-electron chi connectivity index (χ3n) is 2.93. The lowest BCUT2D eigenvalue weighted by Crippen LogP contribution is -2.14. The van der Waals surface area contributed by atoms with Crippen LogP contribution in [0.2, 0.25) is 5.02 Å². The fraction of sp³-hybridized carbons (Fsp3) is 0.133. The van der Waals surface area contributed by atoms with Gasteiger partial charge in [0, 0.05) is 12.3 Å². The van der Waals surface area contributed by atoms with Gasteiger partial charge in [-0.05, 0) is 25.1 Å². The van der Waals surface area contributed by atoms with Crippen LogP contribution >= 0.6 is 11.6 Å². The second kappa shape index (κ2) is 6.53. The third kappa shape index (κ3) is 3.70. The Morgan fingerprint density at radius 2 is 2.22 bits per heavy atom. The van der Waals surface area contributed by atoms with Crippen molar-refractivity contribution in [3.8, 4) is 5.75 Å². The first-order valence-corrected chi connectivity index (χ1v) is 7.15. The monoisotopic (exact) mass is 332 g/mol.